The van der Waals surface area contributed by atoms with Crippen molar-refractivity contribution in [2.24, 2.45) is 5.10 Å². The Morgan fingerprint density at radius 3 is 2.79 bits per heavy atom. The van der Waals surface area contributed by atoms with E-state index < -0.39 is 10.8 Å². The summed E-state index contributed by atoms with van der Waals surface area (Å²) < 4.78 is 5.16. The SMILES string of the molecule is COc1ccc2cc(/C=N\NC(=O)c3ccc(C)c([N+](=O)[O-])c3)c(Cl)nc2c1. The third-order valence-corrected chi connectivity index (χ3v) is 4.35. The lowest BCUT2D eigenvalue weighted by molar-refractivity contribution is -0.385. The number of carbonyl (C=O) groups excluding carboxylic acids is 1. The summed E-state index contributed by atoms with van der Waals surface area (Å²) in [5.74, 6) is 0.0888. The second-order valence-electron chi connectivity index (χ2n) is 5.88. The highest BCUT2D eigenvalue weighted by molar-refractivity contribution is 6.32. The fourth-order valence-electron chi connectivity index (χ4n) is 2.53. The van der Waals surface area contributed by atoms with Crippen molar-refractivity contribution in [1.82, 2.24) is 10.4 Å². The van der Waals surface area contributed by atoms with Crippen LogP contribution in [0.4, 0.5) is 5.69 Å². The van der Waals surface area contributed by atoms with Gasteiger partial charge in [-0.15, -0.1) is 0 Å². The molecule has 28 heavy (non-hydrogen) atoms. The van der Waals surface area contributed by atoms with Crippen molar-refractivity contribution in [2.75, 3.05) is 7.11 Å². The zero-order chi connectivity index (χ0) is 20.3. The van der Waals surface area contributed by atoms with Gasteiger partial charge in [-0.05, 0) is 31.2 Å². The van der Waals surface area contributed by atoms with Gasteiger partial charge in [-0.3, -0.25) is 14.9 Å². The molecule has 0 aliphatic rings. The van der Waals surface area contributed by atoms with E-state index >= 15 is 0 Å². The maximum absolute atomic E-state index is 12.2. The number of hydrazone groups is 1. The number of fused-ring (bicyclic) bond motifs is 1. The Hall–Kier alpha value is -3.52. The molecule has 0 aliphatic heterocycles. The van der Waals surface area contributed by atoms with Crippen LogP contribution in [0.2, 0.25) is 5.15 Å². The minimum Gasteiger partial charge on any atom is -0.497 e. The van der Waals surface area contributed by atoms with E-state index in [-0.39, 0.29) is 16.4 Å². The molecule has 0 radical (unpaired) electrons. The third kappa shape index (κ3) is 4.07. The van der Waals surface area contributed by atoms with Crippen LogP contribution in [0, 0.1) is 17.0 Å². The van der Waals surface area contributed by atoms with Gasteiger partial charge in [0.2, 0.25) is 0 Å². The summed E-state index contributed by atoms with van der Waals surface area (Å²) in [6.07, 6.45) is 1.36. The molecule has 3 rings (SSSR count). The third-order valence-electron chi connectivity index (χ3n) is 4.04. The van der Waals surface area contributed by atoms with Crippen LogP contribution in [-0.4, -0.2) is 29.1 Å². The van der Waals surface area contributed by atoms with Crippen molar-refractivity contribution >= 4 is 40.3 Å². The molecule has 0 saturated carbocycles. The van der Waals surface area contributed by atoms with Crippen molar-refractivity contribution < 1.29 is 14.5 Å². The van der Waals surface area contributed by atoms with Crippen LogP contribution >= 0.6 is 11.6 Å². The average Bonchev–Trinajstić information content (AvgIpc) is 2.67. The van der Waals surface area contributed by atoms with Gasteiger partial charge in [-0.1, -0.05) is 17.7 Å². The molecule has 8 nitrogen and oxygen atoms in total. The minimum absolute atomic E-state index is 0.129. The van der Waals surface area contributed by atoms with Gasteiger partial charge in [-0.25, -0.2) is 10.4 Å². The van der Waals surface area contributed by atoms with E-state index in [4.69, 9.17) is 16.3 Å². The standard InChI is InChI=1S/C19H15ClN4O4/c1-11-3-4-13(8-17(11)24(26)27)19(25)23-21-10-14-7-12-5-6-15(28-2)9-16(12)22-18(14)20/h3-10H,1-2H3,(H,23,25)/b21-10-. The van der Waals surface area contributed by atoms with E-state index in [9.17, 15) is 14.9 Å². The number of ether oxygens (including phenoxy) is 1. The van der Waals surface area contributed by atoms with Crippen LogP contribution in [0.3, 0.4) is 0 Å². The molecule has 1 N–H and O–H groups in total. The van der Waals surface area contributed by atoms with Crippen molar-refractivity contribution in [3.8, 4) is 5.75 Å². The molecule has 0 atom stereocenters. The lowest BCUT2D eigenvalue weighted by Crippen LogP contribution is -2.18. The second-order valence-corrected chi connectivity index (χ2v) is 6.24. The highest BCUT2D eigenvalue weighted by Gasteiger charge is 2.14. The van der Waals surface area contributed by atoms with Crippen molar-refractivity contribution in [3.05, 3.63) is 74.4 Å². The highest BCUT2D eigenvalue weighted by Crippen LogP contribution is 2.23. The number of aromatic nitrogens is 1. The average molecular weight is 399 g/mol. The number of aryl methyl sites for hydroxylation is 1. The van der Waals surface area contributed by atoms with Gasteiger partial charge >= 0.3 is 0 Å². The van der Waals surface area contributed by atoms with Crippen LogP contribution in [0.25, 0.3) is 10.9 Å². The first kappa shape index (κ1) is 19.2. The Balaban J connectivity index is 1.79. The summed E-state index contributed by atoms with van der Waals surface area (Å²) in [7, 11) is 1.56. The number of rotatable bonds is 5. The van der Waals surface area contributed by atoms with Crippen molar-refractivity contribution in [2.45, 2.75) is 6.92 Å². The fraction of sp³-hybridized carbons (Fsp3) is 0.105. The fourth-order valence-corrected chi connectivity index (χ4v) is 2.72. The number of amides is 1. The number of nitrogens with one attached hydrogen (secondary N) is 1. The molecular formula is C19H15ClN4O4. The zero-order valence-electron chi connectivity index (χ0n) is 15.0. The Labute approximate surface area is 164 Å². The number of pyridine rings is 1. The molecule has 1 heterocycles. The largest absolute Gasteiger partial charge is 0.497 e. The van der Waals surface area contributed by atoms with E-state index in [0.29, 0.717) is 22.4 Å². The van der Waals surface area contributed by atoms with Gasteiger partial charge in [0.15, 0.2) is 0 Å². The van der Waals surface area contributed by atoms with Gasteiger partial charge in [-0.2, -0.15) is 5.10 Å². The van der Waals surface area contributed by atoms with Crippen LogP contribution in [0.5, 0.6) is 5.75 Å². The van der Waals surface area contributed by atoms with E-state index in [1.807, 2.05) is 6.07 Å². The summed E-state index contributed by atoms with van der Waals surface area (Å²) in [5, 5.41) is 15.9. The number of hydrogen-bond acceptors (Lipinski definition) is 6. The van der Waals surface area contributed by atoms with Crippen molar-refractivity contribution in [1.29, 1.82) is 0 Å². The number of carbonyl (C=O) groups is 1. The lowest BCUT2D eigenvalue weighted by Gasteiger charge is -2.05. The van der Waals surface area contributed by atoms with Crippen LogP contribution in [-0.2, 0) is 0 Å². The Bertz CT molecular complexity index is 1110. The molecular weight excluding hydrogens is 384 g/mol. The predicted octanol–water partition coefficient (Wildman–Crippen LogP) is 3.88. The number of hydrogen-bond donors (Lipinski definition) is 1. The van der Waals surface area contributed by atoms with Crippen LogP contribution in [0.1, 0.15) is 21.5 Å². The Morgan fingerprint density at radius 1 is 1.29 bits per heavy atom. The molecule has 1 amide bonds. The molecule has 0 saturated heterocycles. The van der Waals surface area contributed by atoms with Gasteiger partial charge in [0, 0.05) is 34.2 Å². The van der Waals surface area contributed by atoms with Crippen LogP contribution < -0.4 is 10.2 Å². The monoisotopic (exact) mass is 398 g/mol. The van der Waals surface area contributed by atoms with Gasteiger partial charge in [0.25, 0.3) is 11.6 Å². The molecule has 0 fully saturated rings. The minimum atomic E-state index is -0.575. The Morgan fingerprint density at radius 2 is 2.07 bits per heavy atom. The number of nitrogens with zero attached hydrogens (tertiary/aromatic N) is 3. The van der Waals surface area contributed by atoms with Gasteiger partial charge < -0.3 is 4.74 Å². The molecule has 0 spiro atoms. The summed E-state index contributed by atoms with van der Waals surface area (Å²) >= 11 is 6.17. The number of benzene rings is 2. The summed E-state index contributed by atoms with van der Waals surface area (Å²) in [6.45, 7) is 1.60. The highest BCUT2D eigenvalue weighted by atomic mass is 35.5. The molecule has 0 aliphatic carbocycles. The second kappa shape index (κ2) is 8.01. The first-order valence-corrected chi connectivity index (χ1v) is 8.49. The van der Waals surface area contributed by atoms with E-state index in [1.54, 1.807) is 32.2 Å². The molecule has 0 bridgehead atoms. The smallest absolute Gasteiger partial charge is 0.273 e. The topological polar surface area (TPSA) is 107 Å². The summed E-state index contributed by atoms with van der Waals surface area (Å²) in [5.41, 5.74) is 3.97. The van der Waals surface area contributed by atoms with E-state index in [1.165, 1.54) is 24.4 Å². The predicted molar refractivity (Wildman–Crippen MR) is 106 cm³/mol. The van der Waals surface area contributed by atoms with Crippen LogP contribution in [0.15, 0.2) is 47.6 Å². The zero-order valence-corrected chi connectivity index (χ0v) is 15.7. The molecule has 3 aromatic rings. The molecule has 2 aromatic carbocycles. The van der Waals surface area contributed by atoms with Crippen molar-refractivity contribution in [3.63, 3.8) is 0 Å². The number of nitro benzene ring substituents is 1. The first-order chi connectivity index (χ1) is 13.4. The first-order valence-electron chi connectivity index (χ1n) is 8.12. The molecule has 9 heteroatoms. The molecule has 1 aromatic heterocycles. The van der Waals surface area contributed by atoms with E-state index in [2.05, 4.69) is 15.5 Å². The number of methoxy groups -OCH3 is 1. The molecule has 0 unspecified atom stereocenters. The maximum Gasteiger partial charge on any atom is 0.273 e. The summed E-state index contributed by atoms with van der Waals surface area (Å²) in [4.78, 5) is 26.9. The van der Waals surface area contributed by atoms with Gasteiger partial charge in [0.05, 0.1) is 23.8 Å². The summed E-state index contributed by atoms with van der Waals surface area (Å²) in [6, 6.07) is 11.4. The van der Waals surface area contributed by atoms with Gasteiger partial charge in [0.1, 0.15) is 10.9 Å². The normalized spacial score (nSPS) is 11.0. The quantitative estimate of drug-likeness (QED) is 0.304. The Kier molecular flexibility index (Phi) is 5.51. The number of nitro groups is 1. The van der Waals surface area contributed by atoms with E-state index in [0.717, 1.165) is 5.39 Å². The molecule has 142 valence electrons. The maximum atomic E-state index is 12.2. The lowest BCUT2D eigenvalue weighted by atomic mass is 10.1. The number of halogens is 1.